The molecule has 1 aliphatic rings. The van der Waals surface area contributed by atoms with Gasteiger partial charge >= 0.3 is 5.69 Å². The lowest BCUT2D eigenvalue weighted by atomic mass is 9.93. The lowest BCUT2D eigenvalue weighted by Crippen LogP contribution is -2.43. The summed E-state index contributed by atoms with van der Waals surface area (Å²) in [5.41, 5.74) is 9.93. The number of nitrogens with two attached hydrogens (primary N) is 1. The quantitative estimate of drug-likeness (QED) is 0.208. The highest BCUT2D eigenvalue weighted by atomic mass is 35.5. The first kappa shape index (κ1) is 28.9. The Kier molecular flexibility index (Phi) is 9.45. The van der Waals surface area contributed by atoms with Gasteiger partial charge in [0.1, 0.15) is 5.82 Å². The van der Waals surface area contributed by atoms with Crippen molar-refractivity contribution in [2.45, 2.75) is 70.9 Å². The number of nitrogens with zero attached hydrogens (tertiary/aromatic N) is 4. The molecule has 1 atom stereocenters. The molecular formula is C33H40ClN5O2. The van der Waals surface area contributed by atoms with Crippen molar-refractivity contribution in [2.75, 3.05) is 18.8 Å². The number of carbonyl (C=O) groups is 1. The molecule has 1 saturated heterocycles. The maximum atomic E-state index is 13.7. The van der Waals surface area contributed by atoms with E-state index in [9.17, 15) is 9.59 Å². The number of benzene rings is 2. The minimum absolute atomic E-state index is 0.00531. The van der Waals surface area contributed by atoms with Crippen LogP contribution in [0.15, 0.2) is 71.7 Å². The van der Waals surface area contributed by atoms with Crippen LogP contribution in [0.2, 0.25) is 5.02 Å². The number of piperidine rings is 1. The highest BCUT2D eigenvalue weighted by molar-refractivity contribution is 6.30. The van der Waals surface area contributed by atoms with Crippen LogP contribution >= 0.6 is 11.6 Å². The molecule has 0 bridgehead atoms. The Morgan fingerprint density at radius 1 is 1.00 bits per heavy atom. The van der Waals surface area contributed by atoms with Crippen LogP contribution in [0.1, 0.15) is 69.0 Å². The lowest BCUT2D eigenvalue weighted by Gasteiger charge is -2.35. The second-order valence-corrected chi connectivity index (χ2v) is 11.7. The standard InChI is InChI=1S/C33H40ClN5O2/c1-2-7-26(9-4-3-8-24-16-19-36-31(35)22-24)32(40)37-20-17-28(18-21-37)39-30-11-6-5-10-29(30)38(33(39)41)23-25-12-14-27(34)15-13-25/h5-6,10-16,19,22,26,28H,2-4,7-9,17-18,20-21,23H2,1H3,(H2,35,36). The van der Waals surface area contributed by atoms with Crippen molar-refractivity contribution in [3.05, 3.63) is 93.5 Å². The first-order chi connectivity index (χ1) is 19.9. The van der Waals surface area contributed by atoms with Gasteiger partial charge < -0.3 is 10.6 Å². The Hall–Kier alpha value is -3.58. The Morgan fingerprint density at radius 3 is 2.44 bits per heavy atom. The first-order valence-corrected chi connectivity index (χ1v) is 15.3. The average molecular weight is 574 g/mol. The molecule has 3 heterocycles. The van der Waals surface area contributed by atoms with Crippen molar-refractivity contribution in [3.8, 4) is 0 Å². The number of fused-ring (bicyclic) bond motifs is 1. The number of aryl methyl sites for hydroxylation is 1. The monoisotopic (exact) mass is 573 g/mol. The van der Waals surface area contributed by atoms with Crippen LogP contribution in [0.5, 0.6) is 0 Å². The predicted molar refractivity (Wildman–Crippen MR) is 166 cm³/mol. The molecule has 7 nitrogen and oxygen atoms in total. The van der Waals surface area contributed by atoms with E-state index < -0.39 is 0 Å². The zero-order valence-electron chi connectivity index (χ0n) is 23.8. The number of likely N-dealkylation sites (tertiary alicyclic amines) is 1. The number of imidazole rings is 1. The van der Waals surface area contributed by atoms with Gasteiger partial charge in [-0.3, -0.25) is 13.9 Å². The summed E-state index contributed by atoms with van der Waals surface area (Å²) in [7, 11) is 0. The van der Waals surface area contributed by atoms with Crippen LogP contribution in [0.25, 0.3) is 11.0 Å². The fourth-order valence-corrected chi connectivity index (χ4v) is 6.35. The fraction of sp³-hybridized carbons (Fsp3) is 0.424. The highest BCUT2D eigenvalue weighted by Crippen LogP contribution is 2.28. The summed E-state index contributed by atoms with van der Waals surface area (Å²) in [6.07, 6.45) is 9.12. The molecule has 216 valence electrons. The van der Waals surface area contributed by atoms with Crippen LogP contribution in [0, 0.1) is 5.92 Å². The van der Waals surface area contributed by atoms with Gasteiger partial charge in [0.05, 0.1) is 17.6 Å². The number of halogens is 1. The van der Waals surface area contributed by atoms with Crippen LogP contribution in [0.4, 0.5) is 5.82 Å². The molecular weight excluding hydrogens is 534 g/mol. The first-order valence-electron chi connectivity index (χ1n) is 14.9. The van der Waals surface area contributed by atoms with Crippen molar-refractivity contribution in [1.82, 2.24) is 19.0 Å². The summed E-state index contributed by atoms with van der Waals surface area (Å²) in [5.74, 6) is 0.886. The maximum absolute atomic E-state index is 13.7. The van der Waals surface area contributed by atoms with Gasteiger partial charge in [0, 0.05) is 36.3 Å². The normalized spacial score (nSPS) is 14.9. The molecule has 1 aliphatic heterocycles. The minimum Gasteiger partial charge on any atom is -0.384 e. The van der Waals surface area contributed by atoms with E-state index in [1.54, 1.807) is 6.20 Å². The summed E-state index contributed by atoms with van der Waals surface area (Å²) >= 11 is 6.07. The van der Waals surface area contributed by atoms with Crippen molar-refractivity contribution in [3.63, 3.8) is 0 Å². The van der Waals surface area contributed by atoms with Gasteiger partial charge in [-0.15, -0.1) is 0 Å². The van der Waals surface area contributed by atoms with E-state index in [1.807, 2.05) is 74.7 Å². The molecule has 0 aliphatic carbocycles. The number of nitrogen functional groups attached to an aromatic ring is 1. The topological polar surface area (TPSA) is 86.2 Å². The van der Waals surface area contributed by atoms with E-state index >= 15 is 0 Å². The summed E-state index contributed by atoms with van der Waals surface area (Å²) in [4.78, 5) is 33.4. The average Bonchev–Trinajstić information content (AvgIpc) is 3.26. The van der Waals surface area contributed by atoms with Crippen molar-refractivity contribution < 1.29 is 4.79 Å². The van der Waals surface area contributed by atoms with Gasteiger partial charge in [-0.05, 0) is 86.1 Å². The van der Waals surface area contributed by atoms with E-state index in [0.29, 0.717) is 30.5 Å². The van der Waals surface area contributed by atoms with Gasteiger partial charge in [-0.2, -0.15) is 0 Å². The van der Waals surface area contributed by atoms with E-state index in [4.69, 9.17) is 17.3 Å². The van der Waals surface area contributed by atoms with E-state index in [-0.39, 0.29) is 23.6 Å². The number of anilines is 1. The van der Waals surface area contributed by atoms with Gasteiger partial charge in [0.2, 0.25) is 5.91 Å². The molecule has 0 spiro atoms. The van der Waals surface area contributed by atoms with Crippen LogP contribution in [-0.2, 0) is 17.8 Å². The highest BCUT2D eigenvalue weighted by Gasteiger charge is 2.30. The number of pyridine rings is 1. The van der Waals surface area contributed by atoms with E-state index in [1.165, 1.54) is 5.56 Å². The Balaban J connectivity index is 1.22. The molecule has 2 aromatic heterocycles. The molecule has 41 heavy (non-hydrogen) atoms. The number of aromatic nitrogens is 3. The number of unbranched alkanes of at least 4 members (excludes halogenated alkanes) is 1. The molecule has 0 radical (unpaired) electrons. The van der Waals surface area contributed by atoms with Gasteiger partial charge in [-0.1, -0.05) is 55.6 Å². The van der Waals surface area contributed by atoms with E-state index in [2.05, 4.69) is 11.9 Å². The number of para-hydroxylation sites is 2. The van der Waals surface area contributed by atoms with Crippen LogP contribution in [-0.4, -0.2) is 38.0 Å². The van der Waals surface area contributed by atoms with Crippen molar-refractivity contribution >= 4 is 34.4 Å². The second kappa shape index (κ2) is 13.4. The molecule has 8 heteroatoms. The Labute approximate surface area is 246 Å². The molecule has 0 saturated carbocycles. The SMILES string of the molecule is CCCC(CCCCc1ccnc(N)c1)C(=O)N1CCC(n2c(=O)n(Cc3ccc(Cl)cc3)c3ccccc32)CC1. The molecule has 2 aromatic carbocycles. The number of rotatable bonds is 11. The molecule has 1 fully saturated rings. The summed E-state index contributed by atoms with van der Waals surface area (Å²) in [5, 5.41) is 0.682. The summed E-state index contributed by atoms with van der Waals surface area (Å²) in [6, 6.07) is 19.7. The van der Waals surface area contributed by atoms with Crippen LogP contribution in [0.3, 0.4) is 0 Å². The number of hydrogen-bond acceptors (Lipinski definition) is 4. The third-order valence-corrected chi connectivity index (χ3v) is 8.62. The molecule has 4 aromatic rings. The zero-order chi connectivity index (χ0) is 28.8. The third kappa shape index (κ3) is 6.84. The minimum atomic E-state index is 0.00531. The predicted octanol–water partition coefficient (Wildman–Crippen LogP) is 6.47. The largest absolute Gasteiger partial charge is 0.384 e. The van der Waals surface area contributed by atoms with Gasteiger partial charge in [-0.25, -0.2) is 9.78 Å². The number of carbonyl (C=O) groups excluding carboxylic acids is 1. The third-order valence-electron chi connectivity index (χ3n) is 8.36. The zero-order valence-corrected chi connectivity index (χ0v) is 24.6. The van der Waals surface area contributed by atoms with Gasteiger partial charge in [0.15, 0.2) is 0 Å². The van der Waals surface area contributed by atoms with Gasteiger partial charge in [0.25, 0.3) is 0 Å². The summed E-state index contributed by atoms with van der Waals surface area (Å²) in [6.45, 7) is 4.01. The molecule has 1 amide bonds. The Bertz CT molecular complexity index is 1520. The second-order valence-electron chi connectivity index (χ2n) is 11.2. The van der Waals surface area contributed by atoms with Crippen molar-refractivity contribution in [2.24, 2.45) is 5.92 Å². The maximum Gasteiger partial charge on any atom is 0.329 e. The smallest absolute Gasteiger partial charge is 0.329 e. The number of amides is 1. The lowest BCUT2D eigenvalue weighted by molar-refractivity contribution is -0.137. The molecule has 5 rings (SSSR count). The number of hydrogen-bond donors (Lipinski definition) is 1. The van der Waals surface area contributed by atoms with Crippen LogP contribution < -0.4 is 11.4 Å². The Morgan fingerprint density at radius 2 is 1.73 bits per heavy atom. The van der Waals surface area contributed by atoms with E-state index in [0.717, 1.165) is 68.0 Å². The molecule has 1 unspecified atom stereocenters. The molecule has 2 N–H and O–H groups in total. The van der Waals surface area contributed by atoms with Crippen molar-refractivity contribution in [1.29, 1.82) is 0 Å². The fourth-order valence-electron chi connectivity index (χ4n) is 6.22. The summed E-state index contributed by atoms with van der Waals surface area (Å²) < 4.78 is 3.82.